The molecule has 4 heterocycles. The number of aromatic nitrogens is 4. The molecule has 14 nitrogen and oxygen atoms in total. The molecule has 0 spiro atoms. The van der Waals surface area contributed by atoms with Crippen molar-refractivity contribution in [3.63, 3.8) is 0 Å². The van der Waals surface area contributed by atoms with E-state index in [0.717, 1.165) is 75.9 Å². The Morgan fingerprint density at radius 2 is 1.27 bits per heavy atom. The predicted molar refractivity (Wildman–Crippen MR) is 236 cm³/mol. The van der Waals surface area contributed by atoms with Crippen LogP contribution in [-0.2, 0) is 19.1 Å². The van der Waals surface area contributed by atoms with Crippen molar-refractivity contribution < 1.29 is 29.0 Å². The van der Waals surface area contributed by atoms with E-state index in [-0.39, 0.29) is 29.8 Å². The number of ether oxygens (including phenoxy) is 2. The Kier molecular flexibility index (Phi) is 12.7. The standard InChI is InChI=1S/C47H51ClN8O6/c1-27(2)40(53-46(59)61-3)44(57)55-21-5-7-38(55)43-50-26-37(52-43)34-16-15-32-23-31(13-14-33(32)24-34)28-9-11-29(12-10-28)36-25-49-42(51-36)39-8-6-22-56(39)45(58)41(54-47(60)62-4)30-17-19-35(48)20-18-30/h9-20,23-27,38-41,46,53,59H,5-8,21-22H2,1-4H3,(H,49,51)(H,50,52)(H,54,60)/t38-,39-,40-,41-,46?/m0/s1. The van der Waals surface area contributed by atoms with Gasteiger partial charge in [-0.15, -0.1) is 0 Å². The van der Waals surface area contributed by atoms with Crippen LogP contribution in [0, 0.1) is 5.92 Å². The summed E-state index contributed by atoms with van der Waals surface area (Å²) < 4.78 is 9.80. The first-order valence-electron chi connectivity index (χ1n) is 20.9. The van der Waals surface area contributed by atoms with Crippen molar-refractivity contribution in [2.45, 2.75) is 70.1 Å². The highest BCUT2D eigenvalue weighted by Crippen LogP contribution is 2.36. The van der Waals surface area contributed by atoms with Crippen LogP contribution in [0.4, 0.5) is 4.79 Å². The maximum Gasteiger partial charge on any atom is 0.407 e. The molecule has 0 aliphatic carbocycles. The van der Waals surface area contributed by atoms with Gasteiger partial charge in [0.25, 0.3) is 5.91 Å². The molecule has 2 saturated heterocycles. The van der Waals surface area contributed by atoms with E-state index < -0.39 is 24.6 Å². The van der Waals surface area contributed by atoms with Gasteiger partial charge in [0.1, 0.15) is 17.7 Å². The van der Waals surface area contributed by atoms with Crippen LogP contribution in [0.1, 0.15) is 74.9 Å². The second-order valence-electron chi connectivity index (χ2n) is 16.2. The minimum atomic E-state index is -1.23. The second-order valence-corrected chi connectivity index (χ2v) is 16.6. The van der Waals surface area contributed by atoms with E-state index in [9.17, 15) is 19.5 Å². The number of H-pyrrole nitrogens is 2. The molecule has 0 radical (unpaired) electrons. The molecule has 0 saturated carbocycles. The molecule has 2 aliphatic rings. The normalized spacial score (nSPS) is 18.0. The number of amides is 3. The van der Waals surface area contributed by atoms with E-state index in [1.165, 1.54) is 14.2 Å². The van der Waals surface area contributed by atoms with Gasteiger partial charge in [-0.1, -0.05) is 86.1 Å². The zero-order valence-corrected chi connectivity index (χ0v) is 35.9. The number of fused-ring (bicyclic) bond motifs is 1. The van der Waals surface area contributed by atoms with Crippen LogP contribution in [-0.4, -0.2) is 92.5 Å². The highest BCUT2D eigenvalue weighted by Gasteiger charge is 2.38. The summed E-state index contributed by atoms with van der Waals surface area (Å²) in [5.74, 6) is 1.05. The molecule has 2 fully saturated rings. The first kappa shape index (κ1) is 42.6. The molecule has 8 rings (SSSR count). The molecule has 1 unspecified atom stereocenters. The number of hydrogen-bond donors (Lipinski definition) is 5. The van der Waals surface area contributed by atoms with Crippen molar-refractivity contribution in [1.82, 2.24) is 40.4 Å². The number of aliphatic hydroxyl groups excluding tert-OH is 1. The van der Waals surface area contributed by atoms with Gasteiger partial charge in [0, 0.05) is 30.8 Å². The highest BCUT2D eigenvalue weighted by atomic mass is 35.5. The Hall–Kier alpha value is -6.06. The molecule has 5 atom stereocenters. The zero-order valence-electron chi connectivity index (χ0n) is 35.1. The fraction of sp³-hybridized carbons (Fsp3) is 0.340. The van der Waals surface area contributed by atoms with Gasteiger partial charge < -0.3 is 39.7 Å². The number of nitrogens with zero attached hydrogens (tertiary/aromatic N) is 4. The van der Waals surface area contributed by atoms with Crippen molar-refractivity contribution in [1.29, 1.82) is 0 Å². The van der Waals surface area contributed by atoms with Crippen molar-refractivity contribution in [2.24, 2.45) is 5.92 Å². The summed E-state index contributed by atoms with van der Waals surface area (Å²) in [6.45, 7) is 5.03. The first-order valence-corrected chi connectivity index (χ1v) is 21.3. The largest absolute Gasteiger partial charge is 0.453 e. The van der Waals surface area contributed by atoms with Crippen LogP contribution in [0.25, 0.3) is 44.4 Å². The number of hydrogen-bond acceptors (Lipinski definition) is 9. The Morgan fingerprint density at radius 1 is 0.742 bits per heavy atom. The van der Waals surface area contributed by atoms with Gasteiger partial charge in [0.15, 0.2) is 0 Å². The molecule has 0 bridgehead atoms. The lowest BCUT2D eigenvalue weighted by Crippen LogP contribution is -2.52. The van der Waals surface area contributed by atoms with E-state index in [0.29, 0.717) is 29.5 Å². The number of rotatable bonds is 13. The number of aliphatic hydroxyl groups is 1. The fourth-order valence-corrected chi connectivity index (χ4v) is 8.73. The first-order chi connectivity index (χ1) is 30.0. The third-order valence-electron chi connectivity index (χ3n) is 12.0. The van der Waals surface area contributed by atoms with Crippen LogP contribution in [0.15, 0.2) is 97.3 Å². The van der Waals surface area contributed by atoms with Gasteiger partial charge in [-0.3, -0.25) is 14.9 Å². The number of imidazole rings is 2. The summed E-state index contributed by atoms with van der Waals surface area (Å²) >= 11 is 6.10. The lowest BCUT2D eigenvalue weighted by molar-refractivity contribution is -0.145. The van der Waals surface area contributed by atoms with E-state index in [4.69, 9.17) is 31.0 Å². The Bertz CT molecular complexity index is 2540. The lowest BCUT2D eigenvalue weighted by Gasteiger charge is -2.31. The van der Waals surface area contributed by atoms with Crippen molar-refractivity contribution in [3.05, 3.63) is 120 Å². The third-order valence-corrected chi connectivity index (χ3v) is 12.2. The van der Waals surface area contributed by atoms with E-state index in [2.05, 4.69) is 81.3 Å². The van der Waals surface area contributed by atoms with Crippen molar-refractivity contribution in [3.8, 4) is 33.6 Å². The monoisotopic (exact) mass is 858 g/mol. The fourth-order valence-electron chi connectivity index (χ4n) is 8.60. The van der Waals surface area contributed by atoms with Gasteiger partial charge in [0.05, 0.1) is 49.0 Å². The molecule has 62 heavy (non-hydrogen) atoms. The molecular weight excluding hydrogens is 808 g/mol. The minimum Gasteiger partial charge on any atom is -0.453 e. The predicted octanol–water partition coefficient (Wildman–Crippen LogP) is 7.90. The molecule has 4 aromatic carbocycles. The average Bonchev–Trinajstić information content (AvgIpc) is 4.14. The summed E-state index contributed by atoms with van der Waals surface area (Å²) in [7, 11) is 2.66. The van der Waals surface area contributed by atoms with Crippen molar-refractivity contribution >= 4 is 40.3 Å². The Labute approximate surface area is 365 Å². The molecular formula is C47H51ClN8O6. The summed E-state index contributed by atoms with van der Waals surface area (Å²) in [6, 6.07) is 25.9. The van der Waals surface area contributed by atoms with Gasteiger partial charge in [-0.25, -0.2) is 14.8 Å². The van der Waals surface area contributed by atoms with E-state index in [1.54, 1.807) is 35.4 Å². The van der Waals surface area contributed by atoms with E-state index in [1.807, 2.05) is 24.9 Å². The molecule has 2 aliphatic heterocycles. The topological polar surface area (TPSA) is 178 Å². The third kappa shape index (κ3) is 8.95. The number of carbonyl (C=O) groups is 3. The summed E-state index contributed by atoms with van der Waals surface area (Å²) in [5, 5.41) is 18.3. The maximum absolute atomic E-state index is 14.0. The highest BCUT2D eigenvalue weighted by molar-refractivity contribution is 6.30. The maximum atomic E-state index is 14.0. The van der Waals surface area contributed by atoms with Crippen LogP contribution in [0.5, 0.6) is 0 Å². The van der Waals surface area contributed by atoms with Crippen LogP contribution >= 0.6 is 11.6 Å². The summed E-state index contributed by atoms with van der Waals surface area (Å²) in [5.41, 5.74) is 6.43. The van der Waals surface area contributed by atoms with Crippen LogP contribution in [0.2, 0.25) is 5.02 Å². The quantitative estimate of drug-likeness (QED) is 0.0723. The molecule has 3 amide bonds. The number of methoxy groups -OCH3 is 2. The van der Waals surface area contributed by atoms with Gasteiger partial charge in [-0.05, 0) is 88.9 Å². The number of nitrogens with one attached hydrogen (secondary N) is 4. The van der Waals surface area contributed by atoms with Crippen molar-refractivity contribution in [2.75, 3.05) is 27.3 Å². The number of alkyl carbamates (subject to hydrolysis) is 1. The Balaban J connectivity index is 0.941. The number of likely N-dealkylation sites (tertiary alicyclic amines) is 2. The zero-order chi connectivity index (χ0) is 43.5. The van der Waals surface area contributed by atoms with Gasteiger partial charge >= 0.3 is 6.09 Å². The summed E-state index contributed by atoms with van der Waals surface area (Å²) in [4.78, 5) is 59.9. The number of carbonyl (C=O) groups excluding carboxylic acids is 3. The second kappa shape index (κ2) is 18.5. The summed E-state index contributed by atoms with van der Waals surface area (Å²) in [6.07, 6.45) is 4.90. The van der Waals surface area contributed by atoms with E-state index >= 15 is 0 Å². The van der Waals surface area contributed by atoms with Gasteiger partial charge in [-0.2, -0.15) is 0 Å². The minimum absolute atomic E-state index is 0.0499. The molecule has 2 aromatic heterocycles. The van der Waals surface area contributed by atoms with Gasteiger partial charge in [0.2, 0.25) is 12.3 Å². The van der Waals surface area contributed by atoms with Crippen LogP contribution in [0.3, 0.4) is 0 Å². The van der Waals surface area contributed by atoms with Crippen LogP contribution < -0.4 is 10.6 Å². The average molecular weight is 859 g/mol. The lowest BCUT2D eigenvalue weighted by atomic mass is 9.98. The molecule has 5 N–H and O–H groups in total. The SMILES string of the molecule is COC(=O)N[C@H](C(=O)N1CCC[C@H]1c1ncc(-c2ccc(-c3ccc4cc(-c5cnc([C@@H]6CCCN6C(=O)[C@@H](NC(O)OC)C(C)C)[nH]5)ccc4c3)cc2)[nH]1)c1ccc(Cl)cc1. The Morgan fingerprint density at radius 3 is 1.85 bits per heavy atom. The molecule has 15 heteroatoms. The number of benzene rings is 4. The smallest absolute Gasteiger partial charge is 0.407 e. The molecule has 6 aromatic rings. The number of aromatic amines is 2. The molecule has 322 valence electrons. The number of halogens is 1.